The lowest BCUT2D eigenvalue weighted by molar-refractivity contribution is -0.142. The maximum atomic E-state index is 12.4. The molecule has 0 aromatic carbocycles. The van der Waals surface area contributed by atoms with Crippen LogP contribution < -0.4 is 5.32 Å². The topological polar surface area (TPSA) is 75.7 Å². The number of rotatable bonds is 5. The molecule has 0 aromatic heterocycles. The summed E-state index contributed by atoms with van der Waals surface area (Å²) in [6.45, 7) is 5.55. The monoisotopic (exact) mass is 290 g/mol. The van der Waals surface area contributed by atoms with Gasteiger partial charge in [-0.15, -0.1) is 0 Å². The van der Waals surface area contributed by atoms with Crippen LogP contribution in [0.25, 0.3) is 0 Å². The van der Waals surface area contributed by atoms with Gasteiger partial charge >= 0.3 is 5.97 Å². The largest absolute Gasteiger partial charge is 0.466 e. The summed E-state index contributed by atoms with van der Waals surface area (Å²) < 4.78 is 31.2. The van der Waals surface area contributed by atoms with Gasteiger partial charge in [-0.1, -0.05) is 0 Å². The lowest BCUT2D eigenvalue weighted by Crippen LogP contribution is -2.44. The van der Waals surface area contributed by atoms with Gasteiger partial charge in [0.25, 0.3) is 0 Å². The Morgan fingerprint density at radius 3 is 2.84 bits per heavy atom. The lowest BCUT2D eigenvalue weighted by atomic mass is 10.0. The van der Waals surface area contributed by atoms with Gasteiger partial charge in [-0.05, 0) is 32.7 Å². The average molecular weight is 290 g/mol. The number of hydrogen-bond acceptors (Lipinski definition) is 5. The van der Waals surface area contributed by atoms with Crippen LogP contribution >= 0.6 is 0 Å². The van der Waals surface area contributed by atoms with E-state index in [1.165, 1.54) is 0 Å². The van der Waals surface area contributed by atoms with Crippen molar-refractivity contribution in [2.24, 2.45) is 5.92 Å². The van der Waals surface area contributed by atoms with E-state index in [9.17, 15) is 13.2 Å². The fraction of sp³-hybridized carbons (Fsp3) is 0.917. The van der Waals surface area contributed by atoms with Crippen LogP contribution in [0.5, 0.6) is 0 Å². The minimum absolute atomic E-state index is 0.0318. The van der Waals surface area contributed by atoms with Gasteiger partial charge in [0.15, 0.2) is 0 Å². The van der Waals surface area contributed by atoms with Gasteiger partial charge in [-0.2, -0.15) is 4.31 Å². The van der Waals surface area contributed by atoms with Gasteiger partial charge in [0.05, 0.1) is 18.8 Å². The number of nitrogens with one attached hydrogen (secondary N) is 1. The Kier molecular flexibility index (Phi) is 4.47. The normalized spacial score (nSPS) is 31.4. The fourth-order valence-electron chi connectivity index (χ4n) is 3.16. The number of carbonyl (C=O) groups excluding carboxylic acids is 1. The third-order valence-corrected chi connectivity index (χ3v) is 5.89. The number of fused-ring (bicyclic) bond motifs is 1. The van der Waals surface area contributed by atoms with Crippen LogP contribution in [0.3, 0.4) is 0 Å². The highest BCUT2D eigenvalue weighted by atomic mass is 32.2. The first-order valence-corrected chi connectivity index (χ1v) is 8.44. The minimum Gasteiger partial charge on any atom is -0.466 e. The molecule has 6 nitrogen and oxygen atoms in total. The summed E-state index contributed by atoms with van der Waals surface area (Å²) in [6, 6.07) is 0.0893. The molecule has 7 heteroatoms. The van der Waals surface area contributed by atoms with E-state index in [1.54, 1.807) is 11.2 Å². The van der Waals surface area contributed by atoms with Gasteiger partial charge in [0, 0.05) is 18.6 Å². The minimum atomic E-state index is -3.38. The van der Waals surface area contributed by atoms with Gasteiger partial charge in [-0.25, -0.2) is 8.42 Å². The zero-order valence-electron chi connectivity index (χ0n) is 11.5. The second-order valence-corrected chi connectivity index (χ2v) is 7.27. The van der Waals surface area contributed by atoms with Crippen LogP contribution in [-0.2, 0) is 19.6 Å². The van der Waals surface area contributed by atoms with Gasteiger partial charge in [-0.3, -0.25) is 4.79 Å². The number of esters is 1. The van der Waals surface area contributed by atoms with Crippen LogP contribution in [0, 0.1) is 5.92 Å². The fourth-order valence-corrected chi connectivity index (χ4v) is 5.09. The van der Waals surface area contributed by atoms with Crippen LogP contribution in [0.2, 0.25) is 0 Å². The Hall–Kier alpha value is -0.660. The summed E-state index contributed by atoms with van der Waals surface area (Å²) in [6.07, 6.45) is 0.834. The van der Waals surface area contributed by atoms with Crippen molar-refractivity contribution < 1.29 is 17.9 Å². The molecule has 0 spiro atoms. The molecule has 110 valence electrons. The van der Waals surface area contributed by atoms with Crippen molar-refractivity contribution in [2.45, 2.75) is 38.8 Å². The lowest BCUT2D eigenvalue weighted by Gasteiger charge is -2.26. The molecule has 2 saturated heterocycles. The molecule has 3 atom stereocenters. The molecule has 0 bridgehead atoms. The van der Waals surface area contributed by atoms with Crippen molar-refractivity contribution in [1.29, 1.82) is 0 Å². The quantitative estimate of drug-likeness (QED) is 0.719. The standard InChI is InChI=1S/C12H22N2O4S/c1-3-18-12(15)4-5-19(16,17)14-9(2)6-10-7-13-8-11(10)14/h9-11,13H,3-8H2,1-2H3. The van der Waals surface area contributed by atoms with Gasteiger partial charge in [0.1, 0.15) is 0 Å². The summed E-state index contributed by atoms with van der Waals surface area (Å²) in [5.74, 6) is -0.189. The number of ether oxygens (including phenoxy) is 1. The van der Waals surface area contributed by atoms with E-state index in [4.69, 9.17) is 4.74 Å². The van der Waals surface area contributed by atoms with Crippen LogP contribution in [-0.4, -0.2) is 56.2 Å². The molecule has 0 aliphatic carbocycles. The molecule has 2 fully saturated rings. The van der Waals surface area contributed by atoms with Crippen molar-refractivity contribution in [1.82, 2.24) is 9.62 Å². The molecule has 3 unspecified atom stereocenters. The predicted octanol–water partition coefficient (Wildman–Crippen LogP) is -0.0484. The highest BCUT2D eigenvalue weighted by Crippen LogP contribution is 2.34. The summed E-state index contributed by atoms with van der Waals surface area (Å²) >= 11 is 0. The second-order valence-electron chi connectivity index (χ2n) is 5.27. The van der Waals surface area contributed by atoms with Crippen molar-refractivity contribution >= 4 is 16.0 Å². The van der Waals surface area contributed by atoms with Gasteiger partial charge in [0.2, 0.25) is 10.0 Å². The first-order valence-electron chi connectivity index (χ1n) is 6.83. The van der Waals surface area contributed by atoms with E-state index in [2.05, 4.69) is 5.32 Å². The molecule has 2 heterocycles. The first-order chi connectivity index (χ1) is 8.95. The van der Waals surface area contributed by atoms with Crippen LogP contribution in [0.4, 0.5) is 0 Å². The molecular formula is C12H22N2O4S. The highest BCUT2D eigenvalue weighted by molar-refractivity contribution is 7.89. The highest BCUT2D eigenvalue weighted by Gasteiger charge is 2.47. The maximum Gasteiger partial charge on any atom is 0.306 e. The van der Waals surface area contributed by atoms with E-state index >= 15 is 0 Å². The Morgan fingerprint density at radius 2 is 2.16 bits per heavy atom. The van der Waals surface area contributed by atoms with E-state index in [-0.39, 0.29) is 30.9 Å². The summed E-state index contributed by atoms with van der Waals surface area (Å²) in [4.78, 5) is 11.3. The van der Waals surface area contributed by atoms with Crippen LogP contribution in [0.15, 0.2) is 0 Å². The molecule has 2 aliphatic heterocycles. The number of sulfonamides is 1. The Labute approximate surface area is 114 Å². The number of nitrogens with zero attached hydrogens (tertiary/aromatic N) is 1. The molecule has 0 saturated carbocycles. The zero-order valence-corrected chi connectivity index (χ0v) is 12.3. The van der Waals surface area contributed by atoms with E-state index < -0.39 is 16.0 Å². The molecule has 0 amide bonds. The predicted molar refractivity (Wildman–Crippen MR) is 71.1 cm³/mol. The summed E-state index contributed by atoms with van der Waals surface area (Å²) in [5, 5.41) is 3.23. The Morgan fingerprint density at radius 1 is 1.42 bits per heavy atom. The zero-order chi connectivity index (χ0) is 14.0. The third-order valence-electron chi connectivity index (χ3n) is 3.90. The molecule has 1 N–H and O–H groups in total. The molecule has 19 heavy (non-hydrogen) atoms. The molecule has 2 aliphatic rings. The number of carbonyl (C=O) groups is 1. The molecule has 0 aromatic rings. The Bertz CT molecular complexity index is 437. The third kappa shape index (κ3) is 3.09. The Balaban J connectivity index is 2.00. The first kappa shape index (κ1) is 14.7. The molecular weight excluding hydrogens is 268 g/mol. The summed E-state index contributed by atoms with van der Waals surface area (Å²) in [5.41, 5.74) is 0. The summed E-state index contributed by atoms with van der Waals surface area (Å²) in [7, 11) is -3.38. The second kappa shape index (κ2) is 5.76. The molecule has 0 radical (unpaired) electrons. The van der Waals surface area contributed by atoms with Crippen molar-refractivity contribution in [3.8, 4) is 0 Å². The van der Waals surface area contributed by atoms with Crippen molar-refractivity contribution in [3.63, 3.8) is 0 Å². The van der Waals surface area contributed by atoms with Crippen molar-refractivity contribution in [2.75, 3.05) is 25.4 Å². The average Bonchev–Trinajstić information content (AvgIpc) is 2.86. The maximum absolute atomic E-state index is 12.4. The van der Waals surface area contributed by atoms with E-state index in [0.717, 1.165) is 13.0 Å². The SMILES string of the molecule is CCOC(=O)CCS(=O)(=O)N1C(C)CC2CNCC21. The van der Waals surface area contributed by atoms with E-state index in [0.29, 0.717) is 12.5 Å². The van der Waals surface area contributed by atoms with E-state index in [1.807, 2.05) is 6.92 Å². The number of hydrogen-bond donors (Lipinski definition) is 1. The van der Waals surface area contributed by atoms with Crippen molar-refractivity contribution in [3.05, 3.63) is 0 Å². The van der Waals surface area contributed by atoms with Crippen LogP contribution in [0.1, 0.15) is 26.7 Å². The van der Waals surface area contributed by atoms with Gasteiger partial charge < -0.3 is 10.1 Å². The molecule has 2 rings (SSSR count). The smallest absolute Gasteiger partial charge is 0.306 e.